The Morgan fingerprint density at radius 3 is 2.65 bits per heavy atom. The molecule has 0 aromatic heterocycles. The predicted molar refractivity (Wildman–Crippen MR) is 64.5 cm³/mol. The predicted octanol–water partition coefficient (Wildman–Crippen LogP) is 0.588. The number of rotatable bonds is 7. The number of nitrogens with one attached hydrogen (secondary N) is 2. The minimum Gasteiger partial charge on any atom is -0.469 e. The van der Waals surface area contributed by atoms with Crippen LogP contribution in [0.2, 0.25) is 0 Å². The molecule has 98 valence electrons. The molecule has 1 fully saturated rings. The van der Waals surface area contributed by atoms with Gasteiger partial charge in [-0.15, -0.1) is 0 Å². The summed E-state index contributed by atoms with van der Waals surface area (Å²) in [5, 5.41) is 6.02. The highest BCUT2D eigenvalue weighted by atomic mass is 16.5. The average molecular weight is 242 g/mol. The van der Waals surface area contributed by atoms with Gasteiger partial charge in [0.05, 0.1) is 13.7 Å². The zero-order valence-corrected chi connectivity index (χ0v) is 10.5. The summed E-state index contributed by atoms with van der Waals surface area (Å²) in [6.45, 7) is 0.906. The third-order valence-corrected chi connectivity index (χ3v) is 3.01. The van der Waals surface area contributed by atoms with Crippen LogP contribution >= 0.6 is 0 Å². The molecule has 2 N–H and O–H groups in total. The summed E-state index contributed by atoms with van der Waals surface area (Å²) in [7, 11) is 1.37. The highest BCUT2D eigenvalue weighted by Gasteiger charge is 2.14. The maximum atomic E-state index is 11.4. The smallest absolute Gasteiger partial charge is 0.305 e. The van der Waals surface area contributed by atoms with Crippen molar-refractivity contribution in [3.63, 3.8) is 0 Å². The van der Waals surface area contributed by atoms with E-state index in [1.165, 1.54) is 32.8 Å². The molecule has 0 unspecified atom stereocenters. The van der Waals surface area contributed by atoms with Gasteiger partial charge in [0.15, 0.2) is 0 Å². The van der Waals surface area contributed by atoms with E-state index in [1.807, 2.05) is 0 Å². The molecule has 1 saturated carbocycles. The zero-order valence-electron chi connectivity index (χ0n) is 10.5. The molecule has 1 amide bonds. The van der Waals surface area contributed by atoms with Crippen molar-refractivity contribution in [3.05, 3.63) is 0 Å². The van der Waals surface area contributed by atoms with E-state index in [4.69, 9.17) is 0 Å². The van der Waals surface area contributed by atoms with Crippen LogP contribution in [0.1, 0.15) is 38.5 Å². The molecule has 1 aliphatic carbocycles. The molecule has 0 heterocycles. The van der Waals surface area contributed by atoms with Crippen LogP contribution in [0.15, 0.2) is 0 Å². The third-order valence-electron chi connectivity index (χ3n) is 3.01. The van der Waals surface area contributed by atoms with Crippen LogP contribution in [0.25, 0.3) is 0 Å². The van der Waals surface area contributed by atoms with Crippen molar-refractivity contribution in [1.29, 1.82) is 0 Å². The maximum absolute atomic E-state index is 11.4. The lowest BCUT2D eigenvalue weighted by Crippen LogP contribution is -2.38. The standard InChI is InChI=1S/C12H22N2O3/c1-17-12(16)7-4-8-13-11(15)9-14-10-5-2-3-6-10/h10,14H,2-9H2,1H3,(H,13,15). The topological polar surface area (TPSA) is 67.4 Å². The Balaban J connectivity index is 1.95. The van der Waals surface area contributed by atoms with Crippen molar-refractivity contribution < 1.29 is 14.3 Å². The maximum Gasteiger partial charge on any atom is 0.305 e. The Morgan fingerprint density at radius 2 is 2.00 bits per heavy atom. The summed E-state index contributed by atoms with van der Waals surface area (Å²) < 4.78 is 4.51. The molecule has 0 aromatic rings. The molecule has 0 aromatic carbocycles. The summed E-state index contributed by atoms with van der Waals surface area (Å²) in [5.41, 5.74) is 0. The summed E-state index contributed by atoms with van der Waals surface area (Å²) >= 11 is 0. The lowest BCUT2D eigenvalue weighted by Gasteiger charge is -2.11. The van der Waals surface area contributed by atoms with Gasteiger partial charge in [0.1, 0.15) is 0 Å². The molecule has 5 heteroatoms. The second-order valence-corrected chi connectivity index (χ2v) is 4.39. The number of methoxy groups -OCH3 is 1. The number of hydrogen-bond acceptors (Lipinski definition) is 4. The molecule has 0 radical (unpaired) electrons. The molecule has 1 rings (SSSR count). The van der Waals surface area contributed by atoms with Crippen LogP contribution in [0.5, 0.6) is 0 Å². The van der Waals surface area contributed by atoms with Crippen LogP contribution in [-0.4, -0.2) is 38.1 Å². The van der Waals surface area contributed by atoms with Gasteiger partial charge >= 0.3 is 5.97 Å². The second kappa shape index (κ2) is 8.06. The fourth-order valence-corrected chi connectivity index (χ4v) is 1.99. The normalized spacial score (nSPS) is 15.8. The second-order valence-electron chi connectivity index (χ2n) is 4.39. The molecule has 0 atom stereocenters. The van der Waals surface area contributed by atoms with E-state index in [-0.39, 0.29) is 11.9 Å². The van der Waals surface area contributed by atoms with Crippen molar-refractivity contribution in [3.8, 4) is 0 Å². The highest BCUT2D eigenvalue weighted by Crippen LogP contribution is 2.17. The number of ether oxygens (including phenoxy) is 1. The van der Waals surface area contributed by atoms with E-state index in [0.717, 1.165) is 0 Å². The first kappa shape index (κ1) is 14.0. The minimum atomic E-state index is -0.233. The Kier molecular flexibility index (Phi) is 6.62. The van der Waals surface area contributed by atoms with Gasteiger partial charge in [-0.05, 0) is 19.3 Å². The molecule has 0 spiro atoms. The van der Waals surface area contributed by atoms with Gasteiger partial charge in [-0.3, -0.25) is 9.59 Å². The molecule has 5 nitrogen and oxygen atoms in total. The fourth-order valence-electron chi connectivity index (χ4n) is 1.99. The van der Waals surface area contributed by atoms with Gasteiger partial charge in [-0.1, -0.05) is 12.8 Å². The van der Waals surface area contributed by atoms with E-state index < -0.39 is 0 Å². The van der Waals surface area contributed by atoms with Crippen molar-refractivity contribution >= 4 is 11.9 Å². The summed E-state index contributed by atoms with van der Waals surface area (Å²) in [6.07, 6.45) is 5.86. The molecule has 17 heavy (non-hydrogen) atoms. The van der Waals surface area contributed by atoms with E-state index in [9.17, 15) is 9.59 Å². The van der Waals surface area contributed by atoms with Crippen LogP contribution in [-0.2, 0) is 14.3 Å². The van der Waals surface area contributed by atoms with Crippen LogP contribution < -0.4 is 10.6 Å². The third kappa shape index (κ3) is 6.26. The van der Waals surface area contributed by atoms with Crippen molar-refractivity contribution in [2.45, 2.75) is 44.6 Å². The zero-order chi connectivity index (χ0) is 12.5. The van der Waals surface area contributed by atoms with Crippen molar-refractivity contribution in [2.24, 2.45) is 0 Å². The van der Waals surface area contributed by atoms with E-state index in [0.29, 0.717) is 32.0 Å². The molecule has 0 bridgehead atoms. The number of amides is 1. The van der Waals surface area contributed by atoms with Gasteiger partial charge < -0.3 is 15.4 Å². The number of hydrogen-bond donors (Lipinski definition) is 2. The molecular formula is C12H22N2O3. The summed E-state index contributed by atoms with van der Waals surface area (Å²) in [6, 6.07) is 0.510. The lowest BCUT2D eigenvalue weighted by molar-refractivity contribution is -0.140. The van der Waals surface area contributed by atoms with E-state index in [1.54, 1.807) is 0 Å². The molecule has 0 saturated heterocycles. The summed E-state index contributed by atoms with van der Waals surface area (Å²) in [5.74, 6) is -0.231. The van der Waals surface area contributed by atoms with Crippen molar-refractivity contribution in [1.82, 2.24) is 10.6 Å². The highest BCUT2D eigenvalue weighted by molar-refractivity contribution is 5.78. The average Bonchev–Trinajstić information content (AvgIpc) is 2.84. The van der Waals surface area contributed by atoms with Gasteiger partial charge in [-0.25, -0.2) is 0 Å². The first-order valence-electron chi connectivity index (χ1n) is 6.29. The summed E-state index contributed by atoms with van der Waals surface area (Å²) in [4.78, 5) is 22.2. The Labute approximate surface area is 102 Å². The van der Waals surface area contributed by atoms with Crippen molar-refractivity contribution in [2.75, 3.05) is 20.2 Å². The van der Waals surface area contributed by atoms with E-state index >= 15 is 0 Å². The van der Waals surface area contributed by atoms with Crippen LogP contribution in [0, 0.1) is 0 Å². The monoisotopic (exact) mass is 242 g/mol. The van der Waals surface area contributed by atoms with Gasteiger partial charge in [-0.2, -0.15) is 0 Å². The Bertz CT molecular complexity index is 250. The number of carbonyl (C=O) groups is 2. The Morgan fingerprint density at radius 1 is 1.29 bits per heavy atom. The largest absolute Gasteiger partial charge is 0.469 e. The van der Waals surface area contributed by atoms with E-state index in [2.05, 4.69) is 15.4 Å². The fraction of sp³-hybridized carbons (Fsp3) is 0.833. The molecule has 1 aliphatic rings. The SMILES string of the molecule is COC(=O)CCCNC(=O)CNC1CCCC1. The Hall–Kier alpha value is -1.10. The van der Waals surface area contributed by atoms with Crippen LogP contribution in [0.4, 0.5) is 0 Å². The molecular weight excluding hydrogens is 220 g/mol. The number of carbonyl (C=O) groups excluding carboxylic acids is 2. The first-order chi connectivity index (χ1) is 8.22. The number of esters is 1. The molecule has 0 aliphatic heterocycles. The van der Waals surface area contributed by atoms with Gasteiger partial charge in [0.25, 0.3) is 0 Å². The minimum absolute atomic E-state index is 0.00164. The lowest BCUT2D eigenvalue weighted by atomic mass is 10.2. The van der Waals surface area contributed by atoms with Crippen LogP contribution in [0.3, 0.4) is 0 Å². The van der Waals surface area contributed by atoms with Gasteiger partial charge in [0, 0.05) is 19.0 Å². The first-order valence-corrected chi connectivity index (χ1v) is 6.29. The van der Waals surface area contributed by atoms with Gasteiger partial charge in [0.2, 0.25) is 5.91 Å². The quantitative estimate of drug-likeness (QED) is 0.506.